The van der Waals surface area contributed by atoms with Gasteiger partial charge in [-0.3, -0.25) is 10.2 Å². The van der Waals surface area contributed by atoms with Gasteiger partial charge in [0, 0.05) is 13.1 Å². The first-order chi connectivity index (χ1) is 7.91. The highest BCUT2D eigenvalue weighted by Gasteiger charge is 2.28. The molecule has 0 amide bonds. The number of nitriles is 1. The molecule has 1 saturated heterocycles. The SMILES string of the molecule is CCNC(C)(C#N)CN1CCCS(=O)(=O)CC1. The van der Waals surface area contributed by atoms with Gasteiger partial charge in [0.15, 0.2) is 9.84 Å². The summed E-state index contributed by atoms with van der Waals surface area (Å²) in [5, 5.41) is 12.3. The monoisotopic (exact) mass is 259 g/mol. The number of nitrogens with zero attached hydrogens (tertiary/aromatic N) is 2. The zero-order chi connectivity index (χ0) is 12.9. The second kappa shape index (κ2) is 5.80. The summed E-state index contributed by atoms with van der Waals surface area (Å²) in [6.07, 6.45) is 0.663. The van der Waals surface area contributed by atoms with Crippen LogP contribution in [0.15, 0.2) is 0 Å². The van der Waals surface area contributed by atoms with Gasteiger partial charge in [0.1, 0.15) is 5.54 Å². The number of sulfone groups is 1. The van der Waals surface area contributed by atoms with Crippen molar-refractivity contribution >= 4 is 9.84 Å². The van der Waals surface area contributed by atoms with Crippen molar-refractivity contribution < 1.29 is 8.42 Å². The lowest BCUT2D eigenvalue weighted by Crippen LogP contribution is -2.50. The Balaban J connectivity index is 2.60. The van der Waals surface area contributed by atoms with E-state index in [0.29, 0.717) is 19.5 Å². The van der Waals surface area contributed by atoms with Gasteiger partial charge in [-0.2, -0.15) is 5.26 Å². The van der Waals surface area contributed by atoms with Crippen molar-refractivity contribution in [1.82, 2.24) is 10.2 Å². The molecule has 0 spiro atoms. The summed E-state index contributed by atoms with van der Waals surface area (Å²) in [5.74, 6) is 0.481. The Morgan fingerprint density at radius 1 is 1.41 bits per heavy atom. The molecule has 0 aliphatic carbocycles. The molecule has 0 aromatic rings. The lowest BCUT2D eigenvalue weighted by Gasteiger charge is -2.30. The molecule has 1 aliphatic rings. The van der Waals surface area contributed by atoms with Crippen molar-refractivity contribution in [3.8, 4) is 6.07 Å². The Hall–Kier alpha value is -0.640. The Labute approximate surface area is 104 Å². The first kappa shape index (κ1) is 14.4. The molecule has 1 fully saturated rings. The van der Waals surface area contributed by atoms with Gasteiger partial charge in [-0.15, -0.1) is 0 Å². The van der Waals surface area contributed by atoms with Crippen LogP contribution in [0.1, 0.15) is 20.3 Å². The van der Waals surface area contributed by atoms with Crippen LogP contribution < -0.4 is 5.32 Å². The molecule has 1 N–H and O–H groups in total. The summed E-state index contributed by atoms with van der Waals surface area (Å²) in [5.41, 5.74) is -0.594. The maximum absolute atomic E-state index is 11.5. The molecule has 98 valence electrons. The van der Waals surface area contributed by atoms with E-state index in [9.17, 15) is 8.42 Å². The first-order valence-electron chi connectivity index (χ1n) is 6.00. The fraction of sp³-hybridized carbons (Fsp3) is 0.909. The second-order valence-electron chi connectivity index (χ2n) is 4.76. The topological polar surface area (TPSA) is 73.2 Å². The van der Waals surface area contributed by atoms with E-state index in [1.54, 1.807) is 0 Å². The molecule has 0 aromatic heterocycles. The van der Waals surface area contributed by atoms with Crippen LogP contribution in [0, 0.1) is 11.3 Å². The van der Waals surface area contributed by atoms with E-state index in [0.717, 1.165) is 13.1 Å². The molecular weight excluding hydrogens is 238 g/mol. The van der Waals surface area contributed by atoms with Crippen molar-refractivity contribution in [3.63, 3.8) is 0 Å². The maximum atomic E-state index is 11.5. The molecule has 0 bridgehead atoms. The molecule has 0 aromatic carbocycles. The predicted molar refractivity (Wildman–Crippen MR) is 67.4 cm³/mol. The molecular formula is C11H21N3O2S. The Morgan fingerprint density at radius 2 is 2.12 bits per heavy atom. The second-order valence-corrected chi connectivity index (χ2v) is 7.06. The van der Waals surface area contributed by atoms with E-state index in [1.807, 2.05) is 13.8 Å². The zero-order valence-corrected chi connectivity index (χ0v) is 11.4. The van der Waals surface area contributed by atoms with E-state index in [4.69, 9.17) is 5.26 Å². The van der Waals surface area contributed by atoms with Crippen molar-refractivity contribution in [2.75, 3.05) is 37.7 Å². The third kappa shape index (κ3) is 4.62. The lowest BCUT2D eigenvalue weighted by atomic mass is 10.0. The standard InChI is InChI=1S/C11H21N3O2S/c1-3-13-11(2,9-12)10-14-5-4-7-17(15,16)8-6-14/h13H,3-8,10H2,1-2H3. The number of nitrogens with one attached hydrogen (secondary N) is 1. The van der Waals surface area contributed by atoms with Crippen LogP contribution in [0.2, 0.25) is 0 Å². The maximum Gasteiger partial charge on any atom is 0.151 e. The summed E-state index contributed by atoms with van der Waals surface area (Å²) >= 11 is 0. The molecule has 1 atom stereocenters. The van der Waals surface area contributed by atoms with E-state index in [2.05, 4.69) is 16.3 Å². The summed E-state index contributed by atoms with van der Waals surface area (Å²) in [6, 6.07) is 2.27. The smallest absolute Gasteiger partial charge is 0.151 e. The molecule has 1 rings (SSSR count). The van der Waals surface area contributed by atoms with Crippen LogP contribution in [0.4, 0.5) is 0 Å². The average molecular weight is 259 g/mol. The largest absolute Gasteiger partial charge is 0.299 e. The lowest BCUT2D eigenvalue weighted by molar-refractivity contribution is 0.235. The van der Waals surface area contributed by atoms with Gasteiger partial charge >= 0.3 is 0 Å². The van der Waals surface area contributed by atoms with Gasteiger partial charge in [-0.05, 0) is 26.4 Å². The van der Waals surface area contributed by atoms with Gasteiger partial charge < -0.3 is 0 Å². The van der Waals surface area contributed by atoms with Gasteiger partial charge in [0.05, 0.1) is 17.6 Å². The van der Waals surface area contributed by atoms with E-state index in [-0.39, 0.29) is 11.5 Å². The van der Waals surface area contributed by atoms with Crippen molar-refractivity contribution in [3.05, 3.63) is 0 Å². The number of likely N-dealkylation sites (N-methyl/N-ethyl adjacent to an activating group) is 1. The van der Waals surface area contributed by atoms with Gasteiger partial charge in [0.25, 0.3) is 0 Å². The molecule has 1 unspecified atom stereocenters. The summed E-state index contributed by atoms with van der Waals surface area (Å²) in [7, 11) is -2.87. The number of hydrogen-bond acceptors (Lipinski definition) is 5. The van der Waals surface area contributed by atoms with E-state index in [1.165, 1.54) is 0 Å². The third-order valence-corrected chi connectivity index (χ3v) is 4.72. The highest BCUT2D eigenvalue weighted by molar-refractivity contribution is 7.91. The van der Waals surface area contributed by atoms with Crippen LogP contribution in [0.3, 0.4) is 0 Å². The minimum atomic E-state index is -2.87. The van der Waals surface area contributed by atoms with Gasteiger partial charge in [0.2, 0.25) is 0 Å². The highest BCUT2D eigenvalue weighted by Crippen LogP contribution is 2.10. The minimum Gasteiger partial charge on any atom is -0.299 e. The number of hydrogen-bond donors (Lipinski definition) is 1. The quantitative estimate of drug-likeness (QED) is 0.769. The van der Waals surface area contributed by atoms with E-state index >= 15 is 0 Å². The van der Waals surface area contributed by atoms with Gasteiger partial charge in [-0.1, -0.05) is 6.92 Å². The molecule has 5 nitrogen and oxygen atoms in total. The predicted octanol–water partition coefficient (Wildman–Crippen LogP) is -0.00132. The minimum absolute atomic E-state index is 0.209. The van der Waals surface area contributed by atoms with Crippen molar-refractivity contribution in [2.45, 2.75) is 25.8 Å². The molecule has 1 heterocycles. The highest BCUT2D eigenvalue weighted by atomic mass is 32.2. The normalized spacial score (nSPS) is 24.5. The summed E-state index contributed by atoms with van der Waals surface area (Å²) in [6.45, 7) is 6.41. The van der Waals surface area contributed by atoms with Crippen LogP contribution in [-0.4, -0.2) is 56.5 Å². The van der Waals surface area contributed by atoms with Crippen LogP contribution >= 0.6 is 0 Å². The zero-order valence-electron chi connectivity index (χ0n) is 10.6. The molecule has 1 aliphatic heterocycles. The molecule has 17 heavy (non-hydrogen) atoms. The van der Waals surface area contributed by atoms with Gasteiger partial charge in [-0.25, -0.2) is 8.42 Å². The first-order valence-corrected chi connectivity index (χ1v) is 7.82. The Kier molecular flexibility index (Phi) is 4.92. The summed E-state index contributed by atoms with van der Waals surface area (Å²) in [4.78, 5) is 2.07. The van der Waals surface area contributed by atoms with Crippen molar-refractivity contribution in [2.24, 2.45) is 0 Å². The van der Waals surface area contributed by atoms with Crippen molar-refractivity contribution in [1.29, 1.82) is 5.26 Å². The molecule has 0 radical (unpaired) electrons. The average Bonchev–Trinajstić information content (AvgIpc) is 2.41. The van der Waals surface area contributed by atoms with Crippen LogP contribution in [0.5, 0.6) is 0 Å². The van der Waals surface area contributed by atoms with Crippen LogP contribution in [-0.2, 0) is 9.84 Å². The third-order valence-electron chi connectivity index (χ3n) is 3.00. The summed E-state index contributed by atoms with van der Waals surface area (Å²) < 4.78 is 22.9. The van der Waals surface area contributed by atoms with E-state index < -0.39 is 15.4 Å². The number of rotatable bonds is 4. The molecule has 6 heteroatoms. The molecule has 0 saturated carbocycles. The fourth-order valence-corrected chi connectivity index (χ4v) is 3.43. The Bertz CT molecular complexity index is 388. The van der Waals surface area contributed by atoms with Crippen LogP contribution in [0.25, 0.3) is 0 Å². The fourth-order valence-electron chi connectivity index (χ4n) is 2.12. The Morgan fingerprint density at radius 3 is 2.71 bits per heavy atom.